The largest absolute Gasteiger partial charge is 0.309 e. The minimum absolute atomic E-state index is 0.0131. The number of thiazole rings is 1. The Kier molecular flexibility index (Phi) is 4.92. The van der Waals surface area contributed by atoms with Crippen molar-refractivity contribution in [3.05, 3.63) is 43.2 Å². The van der Waals surface area contributed by atoms with Crippen LogP contribution in [0.1, 0.15) is 34.9 Å². The van der Waals surface area contributed by atoms with Crippen LogP contribution in [0.2, 0.25) is 0 Å². The van der Waals surface area contributed by atoms with Crippen molar-refractivity contribution in [1.82, 2.24) is 24.8 Å². The highest BCUT2D eigenvalue weighted by Gasteiger charge is 2.24. The first-order valence-electron chi connectivity index (χ1n) is 8.86. The van der Waals surface area contributed by atoms with Crippen molar-refractivity contribution in [3.8, 4) is 0 Å². The van der Waals surface area contributed by atoms with E-state index in [1.165, 1.54) is 4.88 Å². The predicted molar refractivity (Wildman–Crippen MR) is 107 cm³/mol. The number of aryl methyl sites for hydroxylation is 2. The van der Waals surface area contributed by atoms with Gasteiger partial charge in [-0.15, -0.1) is 22.7 Å². The summed E-state index contributed by atoms with van der Waals surface area (Å²) in [6.07, 6.45) is 0. The van der Waals surface area contributed by atoms with E-state index < -0.39 is 0 Å². The van der Waals surface area contributed by atoms with Gasteiger partial charge < -0.3 is 4.98 Å². The number of nitrogens with zero attached hydrogens (tertiary/aromatic N) is 4. The molecule has 4 heterocycles. The molecular formula is C18H23N5OS2. The molecule has 0 spiro atoms. The fraction of sp³-hybridized carbons (Fsp3) is 0.500. The molecule has 1 saturated heterocycles. The quantitative estimate of drug-likeness (QED) is 0.743. The van der Waals surface area contributed by atoms with Crippen LogP contribution in [0.4, 0.5) is 0 Å². The molecule has 6 nitrogen and oxygen atoms in total. The summed E-state index contributed by atoms with van der Waals surface area (Å²) >= 11 is 3.26. The Labute approximate surface area is 160 Å². The van der Waals surface area contributed by atoms with Gasteiger partial charge in [0, 0.05) is 43.0 Å². The second-order valence-corrected chi connectivity index (χ2v) is 8.80. The fourth-order valence-electron chi connectivity index (χ4n) is 3.50. The Bertz CT molecular complexity index is 954. The van der Waals surface area contributed by atoms with E-state index in [1.807, 2.05) is 19.4 Å². The number of fused-ring (bicyclic) bond motifs is 1. The molecule has 0 bridgehead atoms. The molecule has 138 valence electrons. The van der Waals surface area contributed by atoms with Gasteiger partial charge in [-0.25, -0.2) is 9.97 Å². The molecule has 3 aromatic rings. The SMILES string of the molecule is Cc1sc2nc([C@H](C)N3CCN(Cc4cscn4)CC3)[nH]c(=O)c2c1C. The number of piperazine rings is 1. The topological polar surface area (TPSA) is 65.1 Å². The summed E-state index contributed by atoms with van der Waals surface area (Å²) in [5.74, 6) is 0.775. The molecule has 0 unspecified atom stereocenters. The molecular weight excluding hydrogens is 366 g/mol. The van der Waals surface area contributed by atoms with Crippen LogP contribution in [0.25, 0.3) is 10.2 Å². The first-order chi connectivity index (χ1) is 12.5. The molecule has 0 aromatic carbocycles. The first kappa shape index (κ1) is 17.8. The van der Waals surface area contributed by atoms with Gasteiger partial charge in [-0.2, -0.15) is 0 Å². The molecule has 8 heteroatoms. The van der Waals surface area contributed by atoms with Crippen molar-refractivity contribution >= 4 is 32.9 Å². The van der Waals surface area contributed by atoms with E-state index in [-0.39, 0.29) is 11.6 Å². The molecule has 1 aliphatic heterocycles. The fourth-order valence-corrected chi connectivity index (χ4v) is 5.08. The van der Waals surface area contributed by atoms with E-state index in [2.05, 4.69) is 32.1 Å². The molecule has 0 aliphatic carbocycles. The molecule has 4 rings (SSSR count). The Morgan fingerprint density at radius 1 is 1.27 bits per heavy atom. The molecule has 1 aliphatic rings. The van der Waals surface area contributed by atoms with Crippen molar-refractivity contribution in [3.63, 3.8) is 0 Å². The van der Waals surface area contributed by atoms with Gasteiger partial charge in [-0.1, -0.05) is 0 Å². The Balaban J connectivity index is 1.47. The Morgan fingerprint density at radius 2 is 2.04 bits per heavy atom. The van der Waals surface area contributed by atoms with Gasteiger partial charge in [-0.05, 0) is 26.3 Å². The summed E-state index contributed by atoms with van der Waals surface area (Å²) in [6, 6.07) is 0.108. The number of H-pyrrole nitrogens is 1. The molecule has 3 aromatic heterocycles. The first-order valence-corrected chi connectivity index (χ1v) is 10.6. The minimum Gasteiger partial charge on any atom is -0.309 e. The van der Waals surface area contributed by atoms with E-state index in [1.54, 1.807) is 22.7 Å². The van der Waals surface area contributed by atoms with Crippen LogP contribution >= 0.6 is 22.7 Å². The van der Waals surface area contributed by atoms with Crippen molar-refractivity contribution in [2.45, 2.75) is 33.4 Å². The average Bonchev–Trinajstić information content (AvgIpc) is 3.23. The minimum atomic E-state index is -0.0131. The van der Waals surface area contributed by atoms with Gasteiger partial charge >= 0.3 is 0 Å². The van der Waals surface area contributed by atoms with Crippen molar-refractivity contribution < 1.29 is 0 Å². The second kappa shape index (κ2) is 7.19. The third-order valence-corrected chi connectivity index (χ3v) is 7.01. The maximum absolute atomic E-state index is 12.5. The molecule has 26 heavy (non-hydrogen) atoms. The van der Waals surface area contributed by atoms with Crippen LogP contribution in [0.5, 0.6) is 0 Å². The van der Waals surface area contributed by atoms with E-state index in [0.29, 0.717) is 0 Å². The highest BCUT2D eigenvalue weighted by atomic mass is 32.1. The Hall–Kier alpha value is -1.61. The standard InChI is InChI=1S/C18H23N5OS2/c1-11-13(3)26-18-15(11)17(24)20-16(21-18)12(2)23-6-4-22(5-7-23)8-14-9-25-10-19-14/h9-10,12H,4-8H2,1-3H3,(H,20,21,24)/t12-/m0/s1. The lowest BCUT2D eigenvalue weighted by molar-refractivity contribution is 0.0942. The zero-order valence-electron chi connectivity index (χ0n) is 15.3. The number of aromatic amines is 1. The third-order valence-electron chi connectivity index (χ3n) is 5.28. The maximum atomic E-state index is 12.5. The van der Waals surface area contributed by atoms with Crippen LogP contribution in [-0.4, -0.2) is 50.9 Å². The van der Waals surface area contributed by atoms with Crippen LogP contribution in [0.3, 0.4) is 0 Å². The summed E-state index contributed by atoms with van der Waals surface area (Å²) < 4.78 is 0. The smallest absolute Gasteiger partial charge is 0.259 e. The van der Waals surface area contributed by atoms with Gasteiger partial charge in [0.25, 0.3) is 5.56 Å². The van der Waals surface area contributed by atoms with Crippen LogP contribution < -0.4 is 5.56 Å². The predicted octanol–water partition coefficient (Wildman–Crippen LogP) is 2.94. The normalized spacial score (nSPS) is 17.8. The number of nitrogens with one attached hydrogen (secondary N) is 1. The van der Waals surface area contributed by atoms with Crippen LogP contribution in [-0.2, 0) is 6.54 Å². The highest BCUT2D eigenvalue weighted by molar-refractivity contribution is 7.18. The Morgan fingerprint density at radius 3 is 2.73 bits per heavy atom. The third kappa shape index (κ3) is 3.34. The average molecular weight is 390 g/mol. The zero-order valence-corrected chi connectivity index (χ0v) is 16.9. The van der Waals surface area contributed by atoms with E-state index in [0.717, 1.165) is 60.0 Å². The number of hydrogen-bond donors (Lipinski definition) is 1. The molecule has 0 saturated carbocycles. The van der Waals surface area contributed by atoms with Crippen molar-refractivity contribution in [2.75, 3.05) is 26.2 Å². The summed E-state index contributed by atoms with van der Waals surface area (Å²) in [6.45, 7) is 11.0. The monoisotopic (exact) mass is 389 g/mol. The van der Waals surface area contributed by atoms with Gasteiger partial charge in [0.2, 0.25) is 0 Å². The number of rotatable bonds is 4. The van der Waals surface area contributed by atoms with Gasteiger partial charge in [0.05, 0.1) is 22.6 Å². The lowest BCUT2D eigenvalue weighted by Gasteiger charge is -2.37. The van der Waals surface area contributed by atoms with Crippen LogP contribution in [0, 0.1) is 13.8 Å². The summed E-state index contributed by atoms with van der Waals surface area (Å²) in [5.41, 5.74) is 4.07. The van der Waals surface area contributed by atoms with Gasteiger partial charge in [0.15, 0.2) is 0 Å². The lowest BCUT2D eigenvalue weighted by Crippen LogP contribution is -2.47. The summed E-state index contributed by atoms with van der Waals surface area (Å²) in [5, 5.41) is 2.86. The second-order valence-electron chi connectivity index (χ2n) is 6.88. The summed E-state index contributed by atoms with van der Waals surface area (Å²) in [7, 11) is 0. The number of aromatic nitrogens is 3. The van der Waals surface area contributed by atoms with Crippen molar-refractivity contribution in [2.24, 2.45) is 0 Å². The molecule has 0 amide bonds. The van der Waals surface area contributed by atoms with Gasteiger partial charge in [-0.3, -0.25) is 14.6 Å². The number of thiophene rings is 1. The molecule has 1 N–H and O–H groups in total. The zero-order chi connectivity index (χ0) is 18.3. The number of hydrogen-bond acceptors (Lipinski definition) is 7. The highest BCUT2D eigenvalue weighted by Crippen LogP contribution is 2.27. The van der Waals surface area contributed by atoms with E-state index in [9.17, 15) is 4.79 Å². The van der Waals surface area contributed by atoms with Crippen LogP contribution in [0.15, 0.2) is 15.7 Å². The van der Waals surface area contributed by atoms with E-state index in [4.69, 9.17) is 4.98 Å². The molecule has 1 atom stereocenters. The lowest BCUT2D eigenvalue weighted by atomic mass is 10.2. The van der Waals surface area contributed by atoms with E-state index >= 15 is 0 Å². The van der Waals surface area contributed by atoms with Gasteiger partial charge in [0.1, 0.15) is 10.7 Å². The molecule has 1 fully saturated rings. The molecule has 0 radical (unpaired) electrons. The maximum Gasteiger partial charge on any atom is 0.259 e. The van der Waals surface area contributed by atoms with Crippen molar-refractivity contribution in [1.29, 1.82) is 0 Å². The summed E-state index contributed by atoms with van der Waals surface area (Å²) in [4.78, 5) is 31.6.